The summed E-state index contributed by atoms with van der Waals surface area (Å²) in [5, 5.41) is 0.617. The third-order valence-corrected chi connectivity index (χ3v) is 8.19. The summed E-state index contributed by atoms with van der Waals surface area (Å²) in [6.45, 7) is 5.32. The zero-order chi connectivity index (χ0) is 26.5. The molecule has 0 N–H and O–H groups in total. The van der Waals surface area contributed by atoms with Gasteiger partial charge in [-0.1, -0.05) is 48.9 Å². The van der Waals surface area contributed by atoms with Gasteiger partial charge < -0.3 is 19.1 Å². The lowest BCUT2D eigenvalue weighted by atomic mass is 9.75. The number of ether oxygens (including phenoxy) is 1. The van der Waals surface area contributed by atoms with E-state index in [0.29, 0.717) is 62.8 Å². The van der Waals surface area contributed by atoms with Crippen LogP contribution in [0.4, 0.5) is 0 Å². The Kier molecular flexibility index (Phi) is 8.03. The Bertz CT molecular complexity index is 1280. The molecule has 0 spiro atoms. The van der Waals surface area contributed by atoms with Gasteiger partial charge in [-0.3, -0.25) is 9.59 Å². The number of carbonyl (C=O) groups is 2. The molecule has 2 aromatic carbocycles. The summed E-state index contributed by atoms with van der Waals surface area (Å²) in [6.07, 6.45) is 7.08. The van der Waals surface area contributed by atoms with Gasteiger partial charge in [0.25, 0.3) is 0 Å². The molecule has 0 saturated carbocycles. The Balaban J connectivity index is 1.27. The van der Waals surface area contributed by atoms with Crippen LogP contribution in [0.2, 0.25) is 5.02 Å². The van der Waals surface area contributed by atoms with Crippen LogP contribution in [-0.4, -0.2) is 57.4 Å². The Morgan fingerprint density at radius 2 is 1.79 bits per heavy atom. The zero-order valence-electron chi connectivity index (χ0n) is 21.9. The number of rotatable bonds is 8. The molecule has 0 bridgehead atoms. The number of likely N-dealkylation sites (tertiary alicyclic amines) is 1. The highest BCUT2D eigenvalue weighted by Gasteiger charge is 2.40. The molecule has 3 aromatic rings. The van der Waals surface area contributed by atoms with Crippen LogP contribution in [0.25, 0.3) is 0 Å². The minimum Gasteiger partial charge on any atom is -0.493 e. The van der Waals surface area contributed by atoms with Crippen LogP contribution in [0.1, 0.15) is 43.1 Å². The number of aromatic nitrogens is 2. The molecule has 0 unspecified atom stereocenters. The van der Waals surface area contributed by atoms with Crippen LogP contribution in [0.3, 0.4) is 0 Å². The van der Waals surface area contributed by atoms with E-state index in [9.17, 15) is 9.59 Å². The van der Waals surface area contributed by atoms with Crippen molar-refractivity contribution in [1.82, 2.24) is 19.4 Å². The number of nitrogens with zero attached hydrogens (tertiary/aromatic N) is 4. The molecule has 1 saturated heterocycles. The second kappa shape index (κ2) is 11.6. The van der Waals surface area contributed by atoms with E-state index in [1.54, 1.807) is 12.3 Å². The van der Waals surface area contributed by atoms with Crippen LogP contribution < -0.4 is 4.74 Å². The molecule has 2 aliphatic heterocycles. The Hall–Kier alpha value is -3.32. The van der Waals surface area contributed by atoms with Crippen molar-refractivity contribution >= 4 is 23.4 Å². The first-order valence-electron chi connectivity index (χ1n) is 13.5. The highest BCUT2D eigenvalue weighted by molar-refractivity contribution is 6.30. The molecule has 38 heavy (non-hydrogen) atoms. The first-order chi connectivity index (χ1) is 18.4. The molecule has 5 rings (SSSR count). The summed E-state index contributed by atoms with van der Waals surface area (Å²) < 4.78 is 8.14. The number of fused-ring (bicyclic) bond motifs is 1. The van der Waals surface area contributed by atoms with E-state index >= 15 is 0 Å². The highest BCUT2D eigenvalue weighted by atomic mass is 35.5. The number of hydrogen-bond acceptors (Lipinski definition) is 4. The molecular formula is C30H35ClN4O3. The smallest absolute Gasteiger partial charge is 0.242 e. The summed E-state index contributed by atoms with van der Waals surface area (Å²) >= 11 is 6.17. The quantitative estimate of drug-likeness (QED) is 0.418. The van der Waals surface area contributed by atoms with Crippen LogP contribution in [0.15, 0.2) is 60.9 Å². The largest absolute Gasteiger partial charge is 0.493 e. The summed E-state index contributed by atoms with van der Waals surface area (Å²) in [5.74, 6) is 1.84. The van der Waals surface area contributed by atoms with Crippen LogP contribution in [0.5, 0.6) is 5.75 Å². The van der Waals surface area contributed by atoms with Gasteiger partial charge in [-0.05, 0) is 48.6 Å². The van der Waals surface area contributed by atoms with Gasteiger partial charge in [-0.25, -0.2) is 4.98 Å². The second-order valence-electron chi connectivity index (χ2n) is 10.5. The molecule has 0 atom stereocenters. The third-order valence-electron chi connectivity index (χ3n) is 7.95. The first kappa shape index (κ1) is 26.3. The number of benzene rings is 2. The minimum atomic E-state index is -0.350. The normalized spacial score (nSPS) is 16.7. The van der Waals surface area contributed by atoms with Crippen molar-refractivity contribution < 1.29 is 14.3 Å². The number of halogens is 1. The van der Waals surface area contributed by atoms with Crippen molar-refractivity contribution in [3.8, 4) is 5.75 Å². The molecular weight excluding hydrogens is 500 g/mol. The molecule has 0 radical (unpaired) electrons. The summed E-state index contributed by atoms with van der Waals surface area (Å²) in [6, 6.07) is 15.7. The fourth-order valence-corrected chi connectivity index (χ4v) is 5.76. The predicted molar refractivity (Wildman–Crippen MR) is 147 cm³/mol. The van der Waals surface area contributed by atoms with E-state index in [2.05, 4.69) is 23.2 Å². The van der Waals surface area contributed by atoms with Crippen molar-refractivity contribution in [3.63, 3.8) is 0 Å². The Morgan fingerprint density at radius 3 is 2.55 bits per heavy atom. The predicted octanol–water partition coefficient (Wildman–Crippen LogP) is 4.76. The number of imidazole rings is 1. The number of amides is 2. The van der Waals surface area contributed by atoms with Crippen molar-refractivity contribution in [2.45, 2.75) is 52.1 Å². The van der Waals surface area contributed by atoms with E-state index in [0.717, 1.165) is 25.2 Å². The topological polar surface area (TPSA) is 67.7 Å². The maximum absolute atomic E-state index is 13.6. The van der Waals surface area contributed by atoms with Crippen LogP contribution in [-0.2, 0) is 35.5 Å². The summed E-state index contributed by atoms with van der Waals surface area (Å²) in [7, 11) is 0. The van der Waals surface area contributed by atoms with Crippen LogP contribution in [0, 0.1) is 5.41 Å². The molecule has 8 heteroatoms. The zero-order valence-corrected chi connectivity index (χ0v) is 22.7. The Labute approximate surface area is 229 Å². The van der Waals surface area contributed by atoms with E-state index in [1.165, 1.54) is 11.1 Å². The number of piperidine rings is 1. The number of carbonyl (C=O) groups excluding carboxylic acids is 2. The third kappa shape index (κ3) is 6.04. The van der Waals surface area contributed by atoms with E-state index in [1.807, 2.05) is 51.8 Å². The lowest BCUT2D eigenvalue weighted by Gasteiger charge is -2.42. The van der Waals surface area contributed by atoms with Gasteiger partial charge in [0.05, 0.1) is 6.61 Å². The monoisotopic (exact) mass is 534 g/mol. The van der Waals surface area contributed by atoms with E-state index < -0.39 is 0 Å². The van der Waals surface area contributed by atoms with E-state index in [-0.39, 0.29) is 17.2 Å². The first-order valence-corrected chi connectivity index (χ1v) is 13.8. The van der Waals surface area contributed by atoms with Gasteiger partial charge in [0.15, 0.2) is 0 Å². The summed E-state index contributed by atoms with van der Waals surface area (Å²) in [4.78, 5) is 34.9. The Morgan fingerprint density at radius 1 is 1.00 bits per heavy atom. The lowest BCUT2D eigenvalue weighted by molar-refractivity contribution is -0.139. The number of aryl methyl sites for hydroxylation is 1. The fourth-order valence-electron chi connectivity index (χ4n) is 5.58. The molecule has 0 aliphatic carbocycles. The standard InChI is InChI=1S/C30H35ClN4O3/c1-2-27-32-13-17-34(27)21-29(37)33-15-11-30(12-16-33,22-38-26-9-5-8-25(31)18-26)19-28(36)35-14-10-23-6-3-4-7-24(23)20-35/h3-9,13,17-18H,2,10-12,14-16,19-22H2,1H3. The van der Waals surface area contributed by atoms with Crippen LogP contribution >= 0.6 is 11.6 Å². The molecule has 2 amide bonds. The molecule has 1 aromatic heterocycles. The maximum Gasteiger partial charge on any atom is 0.242 e. The van der Waals surface area contributed by atoms with Crippen molar-refractivity contribution in [1.29, 1.82) is 0 Å². The molecule has 200 valence electrons. The lowest BCUT2D eigenvalue weighted by Crippen LogP contribution is -2.49. The second-order valence-corrected chi connectivity index (χ2v) is 10.9. The average Bonchev–Trinajstić information content (AvgIpc) is 3.39. The minimum absolute atomic E-state index is 0.0843. The van der Waals surface area contributed by atoms with Crippen molar-refractivity contribution in [3.05, 3.63) is 82.9 Å². The molecule has 2 aliphatic rings. The highest BCUT2D eigenvalue weighted by Crippen LogP contribution is 2.37. The van der Waals surface area contributed by atoms with Gasteiger partial charge >= 0.3 is 0 Å². The van der Waals surface area contributed by atoms with Gasteiger partial charge in [-0.2, -0.15) is 0 Å². The van der Waals surface area contributed by atoms with Gasteiger partial charge in [0.2, 0.25) is 11.8 Å². The van der Waals surface area contributed by atoms with E-state index in [4.69, 9.17) is 16.3 Å². The maximum atomic E-state index is 13.6. The summed E-state index contributed by atoms with van der Waals surface area (Å²) in [5.41, 5.74) is 2.20. The van der Waals surface area contributed by atoms with Gasteiger partial charge in [0, 0.05) is 61.9 Å². The molecule has 1 fully saturated rings. The fraction of sp³-hybridized carbons (Fsp3) is 0.433. The van der Waals surface area contributed by atoms with Gasteiger partial charge in [-0.15, -0.1) is 0 Å². The molecule has 3 heterocycles. The molecule has 7 nitrogen and oxygen atoms in total. The SMILES string of the molecule is CCc1nccn1CC(=O)N1CCC(COc2cccc(Cl)c2)(CC(=O)N2CCc3ccccc3C2)CC1. The van der Waals surface area contributed by atoms with Crippen molar-refractivity contribution in [2.75, 3.05) is 26.2 Å². The van der Waals surface area contributed by atoms with Gasteiger partial charge in [0.1, 0.15) is 18.1 Å². The number of hydrogen-bond donors (Lipinski definition) is 0. The van der Waals surface area contributed by atoms with Crippen molar-refractivity contribution in [2.24, 2.45) is 5.41 Å². The average molecular weight is 535 g/mol.